The van der Waals surface area contributed by atoms with Crippen molar-refractivity contribution in [2.75, 3.05) is 13.2 Å². The van der Waals surface area contributed by atoms with Crippen LogP contribution in [0, 0.1) is 0 Å². The Hall–Kier alpha value is -1.39. The lowest BCUT2D eigenvalue weighted by molar-refractivity contribution is 0.00598. The highest BCUT2D eigenvalue weighted by atomic mass is 35.5. The van der Waals surface area contributed by atoms with Gasteiger partial charge < -0.3 is 15.2 Å². The highest BCUT2D eigenvalue weighted by Gasteiger charge is 2.16. The lowest BCUT2D eigenvalue weighted by Gasteiger charge is -2.21. The molecule has 2 rings (SSSR count). The van der Waals surface area contributed by atoms with Crippen LogP contribution >= 0.6 is 12.4 Å². The molecule has 1 unspecified atom stereocenters. The Kier molecular flexibility index (Phi) is 8.89. The zero-order valence-electron chi connectivity index (χ0n) is 13.7. The molecule has 0 spiro atoms. The fourth-order valence-electron chi connectivity index (χ4n) is 2.28. The average molecular weight is 336 g/mol. The third kappa shape index (κ3) is 6.71. The third-order valence-corrected chi connectivity index (χ3v) is 3.42. The van der Waals surface area contributed by atoms with Crippen molar-refractivity contribution in [2.24, 2.45) is 0 Å². The van der Waals surface area contributed by atoms with Gasteiger partial charge in [-0.25, -0.2) is 0 Å². The normalized spacial score (nSPS) is 12.2. The van der Waals surface area contributed by atoms with Gasteiger partial charge in [-0.1, -0.05) is 74.5 Å². The van der Waals surface area contributed by atoms with Crippen molar-refractivity contribution in [3.63, 3.8) is 0 Å². The fourth-order valence-corrected chi connectivity index (χ4v) is 2.28. The molecule has 4 heteroatoms. The lowest BCUT2D eigenvalue weighted by atomic mass is 10.0. The molecule has 0 radical (unpaired) electrons. The van der Waals surface area contributed by atoms with Gasteiger partial charge in [0, 0.05) is 12.6 Å². The molecule has 0 aliphatic heterocycles. The van der Waals surface area contributed by atoms with Crippen molar-refractivity contribution < 1.29 is 9.84 Å². The van der Waals surface area contributed by atoms with Gasteiger partial charge in [-0.05, 0) is 11.1 Å². The lowest BCUT2D eigenvalue weighted by Crippen LogP contribution is -2.34. The van der Waals surface area contributed by atoms with Gasteiger partial charge in [0.1, 0.15) is 6.10 Å². The average Bonchev–Trinajstić information content (AvgIpc) is 2.55. The van der Waals surface area contributed by atoms with E-state index >= 15 is 0 Å². The van der Waals surface area contributed by atoms with Crippen LogP contribution in [0.5, 0.6) is 0 Å². The summed E-state index contributed by atoms with van der Waals surface area (Å²) in [5, 5.41) is 13.3. The maximum Gasteiger partial charge on any atom is 0.108 e. The first-order chi connectivity index (χ1) is 10.7. The second kappa shape index (κ2) is 10.4. The molecule has 3 nitrogen and oxygen atoms in total. The van der Waals surface area contributed by atoms with Gasteiger partial charge in [0.15, 0.2) is 0 Å². The molecule has 2 aromatic rings. The van der Waals surface area contributed by atoms with E-state index in [2.05, 4.69) is 43.4 Å². The van der Waals surface area contributed by atoms with E-state index in [4.69, 9.17) is 4.74 Å². The van der Waals surface area contributed by atoms with Crippen molar-refractivity contribution >= 4 is 12.4 Å². The molecule has 2 aromatic carbocycles. The summed E-state index contributed by atoms with van der Waals surface area (Å²) in [6.45, 7) is 4.96. The van der Waals surface area contributed by atoms with Crippen LogP contribution in [0.4, 0.5) is 0 Å². The number of hydrogen-bond donors (Lipinski definition) is 2. The first-order valence-corrected chi connectivity index (χ1v) is 7.79. The molecule has 0 saturated heterocycles. The molecule has 0 aromatic heterocycles. The van der Waals surface area contributed by atoms with E-state index in [0.717, 1.165) is 11.1 Å². The second-order valence-corrected chi connectivity index (χ2v) is 5.75. The predicted molar refractivity (Wildman–Crippen MR) is 97.1 cm³/mol. The monoisotopic (exact) mass is 335 g/mol. The van der Waals surface area contributed by atoms with E-state index in [-0.39, 0.29) is 18.5 Å². The summed E-state index contributed by atoms with van der Waals surface area (Å²) in [5.41, 5.74) is 2.19. The van der Waals surface area contributed by atoms with Crippen LogP contribution < -0.4 is 5.32 Å². The first-order valence-electron chi connectivity index (χ1n) is 7.79. The summed E-state index contributed by atoms with van der Waals surface area (Å²) in [6.07, 6.45) is -0.673. The summed E-state index contributed by atoms with van der Waals surface area (Å²) in [7, 11) is 0. The maximum atomic E-state index is 10.1. The van der Waals surface area contributed by atoms with Crippen molar-refractivity contribution in [3.05, 3.63) is 71.8 Å². The Balaban J connectivity index is 0.00000264. The van der Waals surface area contributed by atoms with E-state index in [1.54, 1.807) is 0 Å². The summed E-state index contributed by atoms with van der Waals surface area (Å²) in [5.74, 6) is 0. The molecule has 0 saturated carbocycles. The van der Waals surface area contributed by atoms with Crippen molar-refractivity contribution in [1.82, 2.24) is 5.32 Å². The molecular weight excluding hydrogens is 310 g/mol. The minimum atomic E-state index is -0.516. The molecule has 0 fully saturated rings. The van der Waals surface area contributed by atoms with E-state index < -0.39 is 6.10 Å². The van der Waals surface area contributed by atoms with E-state index in [1.165, 1.54) is 0 Å². The second-order valence-electron chi connectivity index (χ2n) is 5.75. The number of ether oxygens (including phenoxy) is 1. The van der Waals surface area contributed by atoms with E-state index in [0.29, 0.717) is 19.2 Å². The molecule has 0 bridgehead atoms. The van der Waals surface area contributed by atoms with Crippen molar-refractivity contribution in [2.45, 2.75) is 32.1 Å². The van der Waals surface area contributed by atoms with Crippen LogP contribution in [0.25, 0.3) is 0 Å². The number of benzene rings is 2. The van der Waals surface area contributed by atoms with Gasteiger partial charge in [0.25, 0.3) is 0 Å². The largest absolute Gasteiger partial charge is 0.389 e. The number of rotatable bonds is 8. The quantitative estimate of drug-likeness (QED) is 0.775. The van der Waals surface area contributed by atoms with Crippen LogP contribution in [0.15, 0.2) is 60.7 Å². The topological polar surface area (TPSA) is 41.5 Å². The molecule has 2 N–H and O–H groups in total. The van der Waals surface area contributed by atoms with Crippen LogP contribution in [-0.4, -0.2) is 30.4 Å². The Morgan fingerprint density at radius 2 is 1.39 bits per heavy atom. The Morgan fingerprint density at radius 3 is 1.83 bits per heavy atom. The van der Waals surface area contributed by atoms with Gasteiger partial charge in [0.05, 0.1) is 12.7 Å². The molecule has 0 heterocycles. The standard InChI is InChI=1S/C19H25NO2.ClH/c1-15(2)20-13-18(21)14-22-19(16-9-5-3-6-10-16)17-11-7-4-8-12-17;/h3-12,15,18-21H,13-14H2,1-2H3;1H. The van der Waals surface area contributed by atoms with Crippen molar-refractivity contribution in [3.8, 4) is 0 Å². The highest BCUT2D eigenvalue weighted by molar-refractivity contribution is 5.85. The Bertz CT molecular complexity index is 494. The van der Waals surface area contributed by atoms with E-state index in [1.807, 2.05) is 36.4 Å². The summed E-state index contributed by atoms with van der Waals surface area (Å²) >= 11 is 0. The van der Waals surface area contributed by atoms with Gasteiger partial charge in [-0.2, -0.15) is 0 Å². The minimum absolute atomic E-state index is 0. The van der Waals surface area contributed by atoms with E-state index in [9.17, 15) is 5.11 Å². The summed E-state index contributed by atoms with van der Waals surface area (Å²) in [4.78, 5) is 0. The first kappa shape index (κ1) is 19.7. The highest BCUT2D eigenvalue weighted by Crippen LogP contribution is 2.25. The smallest absolute Gasteiger partial charge is 0.108 e. The SMILES string of the molecule is CC(C)NCC(O)COC(c1ccccc1)c1ccccc1.Cl. The molecule has 0 aliphatic carbocycles. The summed E-state index contributed by atoms with van der Waals surface area (Å²) in [6, 6.07) is 20.6. The molecule has 0 aliphatic rings. The molecule has 23 heavy (non-hydrogen) atoms. The zero-order valence-corrected chi connectivity index (χ0v) is 14.5. The molecular formula is C19H26ClNO2. The summed E-state index contributed by atoms with van der Waals surface area (Å²) < 4.78 is 6.02. The molecule has 126 valence electrons. The van der Waals surface area contributed by atoms with Gasteiger partial charge in [-0.15, -0.1) is 12.4 Å². The zero-order chi connectivity index (χ0) is 15.8. The van der Waals surface area contributed by atoms with Crippen LogP contribution in [0.1, 0.15) is 31.1 Å². The van der Waals surface area contributed by atoms with Gasteiger partial charge in [-0.3, -0.25) is 0 Å². The van der Waals surface area contributed by atoms with Crippen LogP contribution in [0.2, 0.25) is 0 Å². The molecule has 0 amide bonds. The van der Waals surface area contributed by atoms with Gasteiger partial charge in [0.2, 0.25) is 0 Å². The van der Waals surface area contributed by atoms with Gasteiger partial charge >= 0.3 is 0 Å². The van der Waals surface area contributed by atoms with Crippen LogP contribution in [0.3, 0.4) is 0 Å². The Morgan fingerprint density at radius 1 is 0.913 bits per heavy atom. The number of hydrogen-bond acceptors (Lipinski definition) is 3. The molecule has 1 atom stereocenters. The number of aliphatic hydroxyl groups excluding tert-OH is 1. The van der Waals surface area contributed by atoms with Crippen LogP contribution in [-0.2, 0) is 4.74 Å². The van der Waals surface area contributed by atoms with Crippen molar-refractivity contribution in [1.29, 1.82) is 0 Å². The minimum Gasteiger partial charge on any atom is -0.389 e. The Labute approximate surface area is 145 Å². The predicted octanol–water partition coefficient (Wildman–Crippen LogP) is 3.57. The maximum absolute atomic E-state index is 10.1. The third-order valence-electron chi connectivity index (χ3n) is 3.42. The number of aliphatic hydroxyl groups is 1. The number of halogens is 1. The fraction of sp³-hybridized carbons (Fsp3) is 0.368. The number of nitrogens with one attached hydrogen (secondary N) is 1.